The Balaban J connectivity index is 1.78. The van der Waals surface area contributed by atoms with Crippen molar-refractivity contribution in [3.05, 3.63) is 24.3 Å². The minimum Gasteiger partial charge on any atom is -0.381 e. The lowest BCUT2D eigenvalue weighted by atomic mass is 9.86. The summed E-state index contributed by atoms with van der Waals surface area (Å²) in [4.78, 5) is 23.9. The Morgan fingerprint density at radius 3 is 2.48 bits per heavy atom. The number of aromatic nitrogens is 2. The minimum atomic E-state index is -0.504. The van der Waals surface area contributed by atoms with E-state index >= 15 is 0 Å². The lowest BCUT2D eigenvalue weighted by Crippen LogP contribution is -2.65. The van der Waals surface area contributed by atoms with Crippen molar-refractivity contribution in [2.45, 2.75) is 57.2 Å². The van der Waals surface area contributed by atoms with Crippen LogP contribution in [-0.4, -0.2) is 52.1 Å². The van der Waals surface area contributed by atoms with E-state index in [0.29, 0.717) is 31.9 Å². The zero-order valence-electron chi connectivity index (χ0n) is 14.2. The molecule has 0 unspecified atom stereocenters. The van der Waals surface area contributed by atoms with Crippen LogP contribution in [0.1, 0.15) is 45.9 Å². The molecular formula is C17H26N4O2. The van der Waals surface area contributed by atoms with Crippen LogP contribution in [0.2, 0.25) is 0 Å². The van der Waals surface area contributed by atoms with Crippen LogP contribution in [0.3, 0.4) is 0 Å². The largest absolute Gasteiger partial charge is 0.381 e. The Kier molecular flexibility index (Phi) is 4.38. The van der Waals surface area contributed by atoms with Gasteiger partial charge in [0.15, 0.2) is 5.82 Å². The summed E-state index contributed by atoms with van der Waals surface area (Å²) in [5.74, 6) is 0.777. The predicted octanol–water partition coefficient (Wildman–Crippen LogP) is 1.47. The van der Waals surface area contributed by atoms with Gasteiger partial charge in [0.25, 0.3) is 0 Å². The van der Waals surface area contributed by atoms with E-state index < -0.39 is 5.54 Å². The summed E-state index contributed by atoms with van der Waals surface area (Å²) < 4.78 is 5.49. The smallest absolute Gasteiger partial charge is 0.238 e. The van der Waals surface area contributed by atoms with E-state index in [2.05, 4.69) is 41.0 Å². The van der Waals surface area contributed by atoms with E-state index in [9.17, 15) is 4.79 Å². The number of nitrogens with one attached hydrogen (secondary N) is 1. The van der Waals surface area contributed by atoms with Crippen LogP contribution >= 0.6 is 0 Å². The quantitative estimate of drug-likeness (QED) is 0.914. The Hall–Kier alpha value is -1.53. The van der Waals surface area contributed by atoms with Crippen LogP contribution in [0, 0.1) is 0 Å². The molecule has 2 aliphatic rings. The lowest BCUT2D eigenvalue weighted by Gasteiger charge is -2.49. The van der Waals surface area contributed by atoms with Gasteiger partial charge in [-0.2, -0.15) is 0 Å². The van der Waals surface area contributed by atoms with Gasteiger partial charge in [-0.1, -0.05) is 0 Å². The topological polar surface area (TPSA) is 67.4 Å². The molecular weight excluding hydrogens is 292 g/mol. The Bertz CT molecular complexity index is 549. The van der Waals surface area contributed by atoms with Gasteiger partial charge in [-0.25, -0.2) is 9.97 Å². The fraction of sp³-hybridized carbons (Fsp3) is 0.706. The molecule has 1 amide bonds. The van der Waals surface area contributed by atoms with Gasteiger partial charge in [0.1, 0.15) is 5.54 Å². The summed E-state index contributed by atoms with van der Waals surface area (Å²) in [6, 6.07) is 1.74. The second-order valence-corrected chi connectivity index (χ2v) is 7.42. The Morgan fingerprint density at radius 1 is 1.30 bits per heavy atom. The van der Waals surface area contributed by atoms with E-state index in [0.717, 1.165) is 13.0 Å². The molecule has 1 atom stereocenters. The molecule has 2 saturated heterocycles. The molecule has 6 nitrogen and oxygen atoms in total. The Labute approximate surface area is 137 Å². The molecule has 0 bridgehead atoms. The fourth-order valence-corrected chi connectivity index (χ4v) is 3.45. The molecule has 1 aromatic heterocycles. The van der Waals surface area contributed by atoms with Gasteiger partial charge in [0.2, 0.25) is 5.91 Å². The SMILES string of the molecule is CC(C)(C)N1CC[C@H]1C(=O)NC1(c2ncccn2)CCOCC1. The number of carbonyl (C=O) groups is 1. The predicted molar refractivity (Wildman–Crippen MR) is 86.8 cm³/mol. The van der Waals surface area contributed by atoms with Crippen molar-refractivity contribution in [2.24, 2.45) is 0 Å². The van der Waals surface area contributed by atoms with Crippen LogP contribution in [0.25, 0.3) is 0 Å². The van der Waals surface area contributed by atoms with Gasteiger partial charge in [-0.15, -0.1) is 0 Å². The fourth-order valence-electron chi connectivity index (χ4n) is 3.45. The van der Waals surface area contributed by atoms with Gasteiger partial charge in [0.05, 0.1) is 6.04 Å². The van der Waals surface area contributed by atoms with Crippen molar-refractivity contribution < 1.29 is 9.53 Å². The standard InChI is InChI=1S/C17H26N4O2/c1-16(2,3)21-10-5-13(21)14(22)20-17(6-11-23-12-7-17)15-18-8-4-9-19-15/h4,8-9,13H,5-7,10-12H2,1-3H3,(H,20,22)/t13-/m0/s1. The molecule has 2 aliphatic heterocycles. The van der Waals surface area contributed by atoms with E-state index in [1.165, 1.54) is 0 Å². The molecule has 3 heterocycles. The average Bonchev–Trinajstić information content (AvgIpc) is 2.46. The zero-order chi connectivity index (χ0) is 16.5. The second-order valence-electron chi connectivity index (χ2n) is 7.42. The average molecular weight is 318 g/mol. The monoisotopic (exact) mass is 318 g/mol. The summed E-state index contributed by atoms with van der Waals surface area (Å²) >= 11 is 0. The molecule has 0 radical (unpaired) electrons. The van der Waals surface area contributed by atoms with E-state index in [4.69, 9.17) is 4.74 Å². The molecule has 0 saturated carbocycles. The van der Waals surface area contributed by atoms with Gasteiger partial charge in [0, 0.05) is 50.5 Å². The highest BCUT2D eigenvalue weighted by atomic mass is 16.5. The highest BCUT2D eigenvalue weighted by molar-refractivity contribution is 5.83. The number of ether oxygens (including phenoxy) is 1. The van der Waals surface area contributed by atoms with Crippen molar-refractivity contribution in [3.63, 3.8) is 0 Å². The van der Waals surface area contributed by atoms with Gasteiger partial charge in [-0.3, -0.25) is 9.69 Å². The molecule has 1 aromatic rings. The first-order valence-electron chi connectivity index (χ1n) is 8.36. The third-order valence-electron chi connectivity index (χ3n) is 4.89. The third-order valence-corrected chi connectivity index (χ3v) is 4.89. The molecule has 2 fully saturated rings. The number of carbonyl (C=O) groups excluding carboxylic acids is 1. The van der Waals surface area contributed by atoms with E-state index in [-0.39, 0.29) is 17.5 Å². The van der Waals surface area contributed by atoms with E-state index in [1.54, 1.807) is 18.5 Å². The van der Waals surface area contributed by atoms with Crippen molar-refractivity contribution in [2.75, 3.05) is 19.8 Å². The van der Waals surface area contributed by atoms with Crippen LogP contribution in [-0.2, 0) is 15.1 Å². The molecule has 1 N–H and O–H groups in total. The summed E-state index contributed by atoms with van der Waals surface area (Å²) in [5.41, 5.74) is -0.498. The highest BCUT2D eigenvalue weighted by Crippen LogP contribution is 2.32. The van der Waals surface area contributed by atoms with Crippen LogP contribution in [0.15, 0.2) is 18.5 Å². The highest BCUT2D eigenvalue weighted by Gasteiger charge is 2.45. The molecule has 23 heavy (non-hydrogen) atoms. The molecule has 0 aromatic carbocycles. The van der Waals surface area contributed by atoms with Gasteiger partial charge in [-0.05, 0) is 33.3 Å². The van der Waals surface area contributed by atoms with Crippen LogP contribution in [0.5, 0.6) is 0 Å². The molecule has 6 heteroatoms. The number of rotatable bonds is 3. The molecule has 126 valence electrons. The minimum absolute atomic E-state index is 0.00629. The van der Waals surface area contributed by atoms with Crippen molar-refractivity contribution in [1.29, 1.82) is 0 Å². The number of hydrogen-bond donors (Lipinski definition) is 1. The summed E-state index contributed by atoms with van der Waals surface area (Å²) in [5, 5.41) is 3.27. The summed E-state index contributed by atoms with van der Waals surface area (Å²) in [6.07, 6.45) is 5.80. The first kappa shape index (κ1) is 16.3. The molecule has 3 rings (SSSR count). The van der Waals surface area contributed by atoms with Crippen LogP contribution in [0.4, 0.5) is 0 Å². The first-order chi connectivity index (χ1) is 10.9. The van der Waals surface area contributed by atoms with E-state index in [1.807, 2.05) is 0 Å². The number of nitrogens with zero attached hydrogens (tertiary/aromatic N) is 3. The molecule has 0 aliphatic carbocycles. The maximum absolute atomic E-state index is 12.9. The van der Waals surface area contributed by atoms with Gasteiger partial charge >= 0.3 is 0 Å². The third kappa shape index (κ3) is 3.23. The lowest BCUT2D eigenvalue weighted by molar-refractivity contribution is -0.138. The number of likely N-dealkylation sites (tertiary alicyclic amines) is 1. The maximum Gasteiger partial charge on any atom is 0.238 e. The first-order valence-corrected chi connectivity index (χ1v) is 8.36. The summed E-state index contributed by atoms with van der Waals surface area (Å²) in [7, 11) is 0. The molecule has 0 spiro atoms. The number of hydrogen-bond acceptors (Lipinski definition) is 5. The van der Waals surface area contributed by atoms with Crippen molar-refractivity contribution in [3.8, 4) is 0 Å². The Morgan fingerprint density at radius 2 is 1.96 bits per heavy atom. The normalized spacial score (nSPS) is 24.7. The van der Waals surface area contributed by atoms with Crippen LogP contribution < -0.4 is 5.32 Å². The second kappa shape index (κ2) is 6.17. The number of amides is 1. The van der Waals surface area contributed by atoms with Crippen molar-refractivity contribution in [1.82, 2.24) is 20.2 Å². The van der Waals surface area contributed by atoms with Gasteiger partial charge < -0.3 is 10.1 Å². The zero-order valence-corrected chi connectivity index (χ0v) is 14.2. The van der Waals surface area contributed by atoms with Crippen molar-refractivity contribution >= 4 is 5.91 Å². The summed E-state index contributed by atoms with van der Waals surface area (Å²) in [6.45, 7) is 8.66. The maximum atomic E-state index is 12.9.